The molecule has 0 unspecified atom stereocenters. The van der Waals surface area contributed by atoms with Crippen LogP contribution in [0.25, 0.3) is 0 Å². The third kappa shape index (κ3) is 6.21. The summed E-state index contributed by atoms with van der Waals surface area (Å²) in [5.74, 6) is 0. The van der Waals surface area contributed by atoms with Gasteiger partial charge in [-0.1, -0.05) is 13.8 Å². The molecule has 79 valence electrons. The molecule has 0 fully saturated rings. The summed E-state index contributed by atoms with van der Waals surface area (Å²) in [6.07, 6.45) is 1.99. The highest BCUT2D eigenvalue weighted by atomic mass is 28.1. The molecule has 0 aromatic carbocycles. The van der Waals surface area contributed by atoms with Gasteiger partial charge in [0.2, 0.25) is 0 Å². The van der Waals surface area contributed by atoms with Crippen molar-refractivity contribution in [2.24, 2.45) is 0 Å². The average molecular weight is 205 g/mol. The lowest BCUT2D eigenvalue weighted by atomic mass is 10.5. The Morgan fingerprint density at radius 1 is 1.15 bits per heavy atom. The lowest BCUT2D eigenvalue weighted by molar-refractivity contribution is -0.178. The van der Waals surface area contributed by atoms with Crippen molar-refractivity contribution in [2.45, 2.75) is 32.1 Å². The van der Waals surface area contributed by atoms with Crippen LogP contribution in [0.3, 0.4) is 0 Å². The maximum atomic E-state index is 5.58. The summed E-state index contributed by atoms with van der Waals surface area (Å²) in [4.78, 5) is 0. The van der Waals surface area contributed by atoms with E-state index in [1.165, 1.54) is 0 Å². The van der Waals surface area contributed by atoms with Crippen molar-refractivity contribution in [3.05, 3.63) is 6.61 Å². The summed E-state index contributed by atoms with van der Waals surface area (Å²) in [5, 5.41) is 0. The molecule has 0 bridgehead atoms. The molecule has 0 aliphatic rings. The van der Waals surface area contributed by atoms with Crippen LogP contribution in [0.5, 0.6) is 0 Å². The summed E-state index contributed by atoms with van der Waals surface area (Å²) >= 11 is 0. The van der Waals surface area contributed by atoms with Crippen LogP contribution in [0.4, 0.5) is 0 Å². The molecule has 0 atom stereocenters. The van der Waals surface area contributed by atoms with Gasteiger partial charge in [0.1, 0.15) is 6.61 Å². The van der Waals surface area contributed by atoms with Gasteiger partial charge in [0.05, 0.1) is 10.2 Å². The van der Waals surface area contributed by atoms with Crippen molar-refractivity contribution in [3.8, 4) is 0 Å². The van der Waals surface area contributed by atoms with E-state index in [0.29, 0.717) is 13.2 Å². The number of ether oxygens (including phenoxy) is 3. The third-order valence-corrected chi connectivity index (χ3v) is 2.33. The molecule has 0 aromatic rings. The maximum absolute atomic E-state index is 5.58. The molecule has 0 heterocycles. The lowest BCUT2D eigenvalue weighted by Crippen LogP contribution is -2.38. The van der Waals surface area contributed by atoms with Crippen LogP contribution in [0.15, 0.2) is 0 Å². The second-order valence-electron chi connectivity index (χ2n) is 3.07. The Balaban J connectivity index is 3.84. The van der Waals surface area contributed by atoms with Gasteiger partial charge in [0.15, 0.2) is 5.41 Å². The Hall–Kier alpha value is 0.0969. The molecule has 3 nitrogen and oxygen atoms in total. The largest absolute Gasteiger partial charge is 0.373 e. The number of hydrogen-bond acceptors (Lipinski definition) is 3. The van der Waals surface area contributed by atoms with Crippen LogP contribution in [0, 0.1) is 6.61 Å². The maximum Gasteiger partial charge on any atom is 0.169 e. The van der Waals surface area contributed by atoms with Crippen LogP contribution in [-0.2, 0) is 14.2 Å². The van der Waals surface area contributed by atoms with E-state index < -0.39 is 5.41 Å². The normalized spacial score (nSPS) is 12.2. The predicted octanol–water partition coefficient (Wildman–Crippen LogP) is 0.667. The van der Waals surface area contributed by atoms with Crippen LogP contribution >= 0.6 is 0 Å². The highest BCUT2D eigenvalue weighted by Crippen LogP contribution is 2.13. The van der Waals surface area contributed by atoms with Gasteiger partial charge in [-0.05, 0) is 12.8 Å². The molecule has 0 aromatic heterocycles. The first-order chi connectivity index (χ1) is 6.18. The molecule has 0 saturated carbocycles. The SMILES string of the molecule is CCCOC([SiH3])([CH]OC)OCCC. The highest BCUT2D eigenvalue weighted by molar-refractivity contribution is 6.14. The zero-order valence-electron chi connectivity index (χ0n) is 9.13. The molecule has 0 aliphatic heterocycles. The minimum atomic E-state index is -0.555. The van der Waals surface area contributed by atoms with E-state index in [2.05, 4.69) is 13.8 Å². The van der Waals surface area contributed by atoms with Crippen LogP contribution in [0.2, 0.25) is 0 Å². The Kier molecular flexibility index (Phi) is 7.55. The van der Waals surface area contributed by atoms with Gasteiger partial charge in [0, 0.05) is 20.3 Å². The van der Waals surface area contributed by atoms with Gasteiger partial charge in [-0.3, -0.25) is 0 Å². The van der Waals surface area contributed by atoms with Gasteiger partial charge in [-0.15, -0.1) is 0 Å². The van der Waals surface area contributed by atoms with E-state index in [9.17, 15) is 0 Å². The second-order valence-corrected chi connectivity index (χ2v) is 4.46. The molecular formula is C9H21O3Si. The Bertz CT molecular complexity index is 111. The fraction of sp³-hybridized carbons (Fsp3) is 0.889. The zero-order valence-corrected chi connectivity index (χ0v) is 11.1. The lowest BCUT2D eigenvalue weighted by Gasteiger charge is -2.28. The van der Waals surface area contributed by atoms with Crippen LogP contribution in [-0.4, -0.2) is 36.0 Å². The van der Waals surface area contributed by atoms with Gasteiger partial charge in [-0.2, -0.15) is 0 Å². The van der Waals surface area contributed by atoms with Crippen molar-refractivity contribution in [1.29, 1.82) is 0 Å². The van der Waals surface area contributed by atoms with Crippen molar-refractivity contribution in [2.75, 3.05) is 20.3 Å². The van der Waals surface area contributed by atoms with E-state index >= 15 is 0 Å². The van der Waals surface area contributed by atoms with Crippen molar-refractivity contribution in [3.63, 3.8) is 0 Å². The van der Waals surface area contributed by atoms with E-state index in [1.54, 1.807) is 13.7 Å². The van der Waals surface area contributed by atoms with Gasteiger partial charge >= 0.3 is 0 Å². The first kappa shape index (κ1) is 13.1. The monoisotopic (exact) mass is 205 g/mol. The van der Waals surface area contributed by atoms with Crippen molar-refractivity contribution in [1.82, 2.24) is 0 Å². The smallest absolute Gasteiger partial charge is 0.169 e. The molecule has 1 radical (unpaired) electrons. The molecule has 0 spiro atoms. The Labute approximate surface area is 84.2 Å². The minimum Gasteiger partial charge on any atom is -0.373 e. The van der Waals surface area contributed by atoms with Crippen molar-refractivity contribution >= 4 is 10.2 Å². The van der Waals surface area contributed by atoms with Crippen molar-refractivity contribution < 1.29 is 14.2 Å². The Morgan fingerprint density at radius 2 is 1.62 bits per heavy atom. The number of hydrogen-bond donors (Lipinski definition) is 0. The topological polar surface area (TPSA) is 27.7 Å². The van der Waals surface area contributed by atoms with E-state index in [-0.39, 0.29) is 0 Å². The molecule has 13 heavy (non-hydrogen) atoms. The standard InChI is InChI=1S/C9H21O3Si/c1-4-6-11-9(13,8-10-3)12-7-5-2/h8H,4-7H2,1-3,13H3. The van der Waals surface area contributed by atoms with E-state index in [0.717, 1.165) is 23.1 Å². The zero-order chi connectivity index (χ0) is 10.2. The molecular weight excluding hydrogens is 184 g/mol. The fourth-order valence-electron chi connectivity index (χ4n) is 0.933. The summed E-state index contributed by atoms with van der Waals surface area (Å²) in [6.45, 7) is 7.23. The molecule has 0 N–H and O–H groups in total. The molecule has 4 heteroatoms. The average Bonchev–Trinajstić information content (AvgIpc) is 2.12. The molecule has 0 amide bonds. The number of methoxy groups -OCH3 is 1. The van der Waals surface area contributed by atoms with E-state index in [1.807, 2.05) is 0 Å². The molecule has 0 rings (SSSR count). The highest BCUT2D eigenvalue weighted by Gasteiger charge is 2.25. The first-order valence-electron chi connectivity index (χ1n) is 4.83. The third-order valence-electron chi connectivity index (χ3n) is 1.52. The summed E-state index contributed by atoms with van der Waals surface area (Å²) in [5.41, 5.74) is -0.555. The summed E-state index contributed by atoms with van der Waals surface area (Å²) in [6, 6.07) is 0. The molecule has 0 saturated heterocycles. The van der Waals surface area contributed by atoms with Crippen LogP contribution in [0.1, 0.15) is 26.7 Å². The van der Waals surface area contributed by atoms with Crippen LogP contribution < -0.4 is 0 Å². The number of rotatable bonds is 8. The fourth-order valence-corrected chi connectivity index (χ4v) is 1.58. The molecule has 0 aliphatic carbocycles. The van der Waals surface area contributed by atoms with Gasteiger partial charge in [-0.25, -0.2) is 0 Å². The summed E-state index contributed by atoms with van der Waals surface area (Å²) in [7, 11) is 2.40. The van der Waals surface area contributed by atoms with Gasteiger partial charge < -0.3 is 14.2 Å². The minimum absolute atomic E-state index is 0.555. The Morgan fingerprint density at radius 3 is 1.92 bits per heavy atom. The van der Waals surface area contributed by atoms with Gasteiger partial charge in [0.25, 0.3) is 0 Å². The first-order valence-corrected chi connectivity index (χ1v) is 5.83. The second kappa shape index (κ2) is 7.50. The quantitative estimate of drug-likeness (QED) is 0.430. The summed E-state index contributed by atoms with van der Waals surface area (Å²) < 4.78 is 16.1. The predicted molar refractivity (Wildman–Crippen MR) is 56.5 cm³/mol. The van der Waals surface area contributed by atoms with E-state index in [4.69, 9.17) is 14.2 Å².